The highest BCUT2D eigenvalue weighted by Crippen LogP contribution is 2.34. The number of rotatable bonds is 6. The second-order valence-electron chi connectivity index (χ2n) is 8.25. The molecule has 2 aliphatic heterocycles. The van der Waals surface area contributed by atoms with Crippen LogP contribution < -0.4 is 19.3 Å². The number of benzene rings is 3. The Labute approximate surface area is 199 Å². The molecule has 6 nitrogen and oxygen atoms in total. The number of carbonyl (C=O) groups excluding carboxylic acids is 2. The Morgan fingerprint density at radius 1 is 0.941 bits per heavy atom. The summed E-state index contributed by atoms with van der Waals surface area (Å²) in [5.74, 6) is 1.31. The van der Waals surface area contributed by atoms with E-state index in [9.17, 15) is 9.59 Å². The molecule has 34 heavy (non-hydrogen) atoms. The van der Waals surface area contributed by atoms with Crippen LogP contribution in [-0.4, -0.2) is 38.1 Å². The molecule has 5 rings (SSSR count). The molecule has 0 aliphatic carbocycles. The van der Waals surface area contributed by atoms with Crippen molar-refractivity contribution in [2.45, 2.75) is 12.8 Å². The lowest BCUT2D eigenvalue weighted by molar-refractivity contribution is -0.117. The standard InChI is InChI=1S/C28H26N2O4/c31-27-9-5-16-29(27)23-12-10-22(11-13-23)28(32)30(17-4-8-21-6-2-1-3-7-21)24-14-15-25-26(20-24)34-19-18-33-25/h1-4,6-8,10-15,20H,5,9,16-19H2/b8-4+. The van der Waals surface area contributed by atoms with E-state index in [1.54, 1.807) is 21.9 Å². The van der Waals surface area contributed by atoms with Crippen LogP contribution in [0.3, 0.4) is 0 Å². The fourth-order valence-corrected chi connectivity index (χ4v) is 4.22. The van der Waals surface area contributed by atoms with Gasteiger partial charge in [0, 0.05) is 42.5 Å². The topological polar surface area (TPSA) is 59.1 Å². The zero-order chi connectivity index (χ0) is 23.3. The van der Waals surface area contributed by atoms with Crippen LogP contribution in [0.2, 0.25) is 0 Å². The predicted molar refractivity (Wildman–Crippen MR) is 133 cm³/mol. The molecule has 2 heterocycles. The minimum absolute atomic E-state index is 0.128. The van der Waals surface area contributed by atoms with Gasteiger partial charge in [0.1, 0.15) is 13.2 Å². The highest BCUT2D eigenvalue weighted by atomic mass is 16.6. The summed E-state index contributed by atoms with van der Waals surface area (Å²) in [4.78, 5) is 29.1. The number of ether oxygens (including phenoxy) is 2. The predicted octanol–water partition coefficient (Wildman–Crippen LogP) is 4.94. The van der Waals surface area contributed by atoms with E-state index < -0.39 is 0 Å². The first kappa shape index (κ1) is 21.8. The third-order valence-corrected chi connectivity index (χ3v) is 5.98. The Morgan fingerprint density at radius 2 is 1.71 bits per heavy atom. The van der Waals surface area contributed by atoms with Gasteiger partial charge in [0.2, 0.25) is 5.91 Å². The molecule has 1 fully saturated rings. The lowest BCUT2D eigenvalue weighted by atomic mass is 10.1. The maximum Gasteiger partial charge on any atom is 0.258 e. The van der Waals surface area contributed by atoms with Crippen LogP contribution in [0.15, 0.2) is 78.9 Å². The molecule has 1 saturated heterocycles. The van der Waals surface area contributed by atoms with Gasteiger partial charge < -0.3 is 19.3 Å². The van der Waals surface area contributed by atoms with Crippen molar-refractivity contribution in [2.75, 3.05) is 36.1 Å². The minimum Gasteiger partial charge on any atom is -0.486 e. The summed E-state index contributed by atoms with van der Waals surface area (Å²) in [5.41, 5.74) is 3.18. The summed E-state index contributed by atoms with van der Waals surface area (Å²) >= 11 is 0. The van der Waals surface area contributed by atoms with Crippen LogP contribution >= 0.6 is 0 Å². The molecular formula is C28H26N2O4. The van der Waals surface area contributed by atoms with Gasteiger partial charge in [-0.05, 0) is 48.4 Å². The van der Waals surface area contributed by atoms with Gasteiger partial charge in [0.25, 0.3) is 5.91 Å². The van der Waals surface area contributed by atoms with Gasteiger partial charge >= 0.3 is 0 Å². The third kappa shape index (κ3) is 4.66. The number of fused-ring (bicyclic) bond motifs is 1. The highest BCUT2D eigenvalue weighted by molar-refractivity contribution is 6.07. The van der Waals surface area contributed by atoms with E-state index in [-0.39, 0.29) is 11.8 Å². The van der Waals surface area contributed by atoms with Crippen LogP contribution in [0.25, 0.3) is 6.08 Å². The number of amides is 2. The molecule has 0 radical (unpaired) electrons. The molecule has 3 aromatic rings. The second-order valence-corrected chi connectivity index (χ2v) is 8.25. The Bertz CT molecular complexity index is 1200. The number of hydrogen-bond donors (Lipinski definition) is 0. The summed E-state index contributed by atoms with van der Waals surface area (Å²) in [6.07, 6.45) is 5.42. The first-order chi connectivity index (χ1) is 16.7. The van der Waals surface area contributed by atoms with Gasteiger partial charge in [-0.3, -0.25) is 9.59 Å². The Morgan fingerprint density at radius 3 is 2.44 bits per heavy atom. The van der Waals surface area contributed by atoms with Gasteiger partial charge in [0.05, 0.1) is 0 Å². The molecule has 0 bridgehead atoms. The molecular weight excluding hydrogens is 428 g/mol. The largest absolute Gasteiger partial charge is 0.486 e. The number of hydrogen-bond acceptors (Lipinski definition) is 4. The highest BCUT2D eigenvalue weighted by Gasteiger charge is 2.23. The van der Waals surface area contributed by atoms with Crippen molar-refractivity contribution in [1.82, 2.24) is 0 Å². The quantitative estimate of drug-likeness (QED) is 0.529. The van der Waals surface area contributed by atoms with Gasteiger partial charge in [-0.15, -0.1) is 0 Å². The van der Waals surface area contributed by atoms with E-state index in [0.29, 0.717) is 43.2 Å². The SMILES string of the molecule is O=C1CCCN1c1ccc(C(=O)N(C/C=C/c2ccccc2)c2ccc3c(c2)OCCO3)cc1. The van der Waals surface area contributed by atoms with Gasteiger partial charge in [-0.25, -0.2) is 0 Å². The van der Waals surface area contributed by atoms with E-state index in [0.717, 1.165) is 29.9 Å². The average molecular weight is 455 g/mol. The fraction of sp³-hybridized carbons (Fsp3) is 0.214. The first-order valence-electron chi connectivity index (χ1n) is 11.5. The Kier molecular flexibility index (Phi) is 6.29. The molecule has 0 saturated carbocycles. The Balaban J connectivity index is 1.41. The van der Waals surface area contributed by atoms with Crippen LogP contribution in [0.5, 0.6) is 11.5 Å². The van der Waals surface area contributed by atoms with Crippen LogP contribution in [0.4, 0.5) is 11.4 Å². The zero-order valence-corrected chi connectivity index (χ0v) is 18.9. The molecule has 2 amide bonds. The molecule has 2 aliphatic rings. The van der Waals surface area contributed by atoms with Crippen LogP contribution in [-0.2, 0) is 4.79 Å². The number of nitrogens with zero attached hydrogens (tertiary/aromatic N) is 2. The Hall–Kier alpha value is -4.06. The molecule has 0 spiro atoms. The van der Waals surface area contributed by atoms with E-state index in [2.05, 4.69) is 0 Å². The zero-order valence-electron chi connectivity index (χ0n) is 18.9. The van der Waals surface area contributed by atoms with E-state index in [1.165, 1.54) is 0 Å². The molecule has 172 valence electrons. The normalized spacial score (nSPS) is 15.1. The monoisotopic (exact) mass is 454 g/mol. The van der Waals surface area contributed by atoms with E-state index >= 15 is 0 Å². The minimum atomic E-state index is -0.131. The molecule has 3 aromatic carbocycles. The van der Waals surface area contributed by atoms with Gasteiger partial charge in [-0.2, -0.15) is 0 Å². The lowest BCUT2D eigenvalue weighted by Crippen LogP contribution is -2.31. The van der Waals surface area contributed by atoms with Crippen molar-refractivity contribution in [3.8, 4) is 11.5 Å². The smallest absolute Gasteiger partial charge is 0.258 e. The van der Waals surface area contributed by atoms with E-state index in [4.69, 9.17) is 9.47 Å². The first-order valence-corrected chi connectivity index (χ1v) is 11.5. The maximum absolute atomic E-state index is 13.6. The molecule has 0 N–H and O–H groups in total. The summed E-state index contributed by atoms with van der Waals surface area (Å²) in [7, 11) is 0. The van der Waals surface area contributed by atoms with Crippen LogP contribution in [0.1, 0.15) is 28.8 Å². The van der Waals surface area contributed by atoms with Crippen molar-refractivity contribution in [2.24, 2.45) is 0 Å². The summed E-state index contributed by atoms with van der Waals surface area (Å²) in [6.45, 7) is 2.11. The average Bonchev–Trinajstić information content (AvgIpc) is 3.32. The summed E-state index contributed by atoms with van der Waals surface area (Å²) in [5, 5.41) is 0. The van der Waals surface area contributed by atoms with Crippen LogP contribution in [0, 0.1) is 0 Å². The molecule has 6 heteroatoms. The molecule has 0 aromatic heterocycles. The van der Waals surface area contributed by atoms with Crippen molar-refractivity contribution in [1.29, 1.82) is 0 Å². The third-order valence-electron chi connectivity index (χ3n) is 5.98. The number of carbonyl (C=O) groups is 2. The maximum atomic E-state index is 13.6. The van der Waals surface area contributed by atoms with Crippen molar-refractivity contribution < 1.29 is 19.1 Å². The summed E-state index contributed by atoms with van der Waals surface area (Å²) < 4.78 is 11.4. The molecule has 0 unspecified atom stereocenters. The van der Waals surface area contributed by atoms with E-state index in [1.807, 2.05) is 72.8 Å². The van der Waals surface area contributed by atoms with Crippen molar-refractivity contribution in [3.63, 3.8) is 0 Å². The van der Waals surface area contributed by atoms with Gasteiger partial charge in [0.15, 0.2) is 11.5 Å². The van der Waals surface area contributed by atoms with Crippen molar-refractivity contribution >= 4 is 29.3 Å². The van der Waals surface area contributed by atoms with Gasteiger partial charge in [-0.1, -0.05) is 42.5 Å². The second kappa shape index (κ2) is 9.83. The van der Waals surface area contributed by atoms with Crippen molar-refractivity contribution in [3.05, 3.63) is 90.0 Å². The number of anilines is 2. The fourth-order valence-electron chi connectivity index (χ4n) is 4.22. The summed E-state index contributed by atoms with van der Waals surface area (Å²) in [6, 6.07) is 22.8. The lowest BCUT2D eigenvalue weighted by Gasteiger charge is -2.25. The molecule has 0 atom stereocenters.